The Morgan fingerprint density at radius 1 is 0.600 bits per heavy atom. The number of rotatable bonds is 14. The second-order valence-electron chi connectivity index (χ2n) is 7.78. The summed E-state index contributed by atoms with van der Waals surface area (Å²) < 4.78 is 0. The van der Waals surface area contributed by atoms with Gasteiger partial charge in [0, 0.05) is 0 Å². The van der Waals surface area contributed by atoms with Crippen molar-refractivity contribution in [2.24, 2.45) is 11.3 Å². The fraction of sp³-hybridized carbons (Fsp3) is 1.00. The first-order valence-electron chi connectivity index (χ1n) is 9.50. The number of unbranched alkanes of at least 4 members (excludes halogenated alkanes) is 11. The van der Waals surface area contributed by atoms with Crippen LogP contribution in [0.25, 0.3) is 0 Å². The highest BCUT2D eigenvalue weighted by molar-refractivity contribution is 4.71. The molecule has 0 nitrogen and oxygen atoms in total. The summed E-state index contributed by atoms with van der Waals surface area (Å²) in [5, 5.41) is 0. The summed E-state index contributed by atoms with van der Waals surface area (Å²) in [6.45, 7) is 11.9. The molecule has 0 aromatic rings. The van der Waals surface area contributed by atoms with E-state index in [4.69, 9.17) is 0 Å². The first-order chi connectivity index (χ1) is 9.50. The molecule has 0 aliphatic rings. The van der Waals surface area contributed by atoms with Gasteiger partial charge >= 0.3 is 0 Å². The van der Waals surface area contributed by atoms with E-state index in [9.17, 15) is 0 Å². The SMILES string of the molecule is CCCCCCCCCCCCCCC(C)(C)C(C)C. The van der Waals surface area contributed by atoms with Gasteiger partial charge in [-0.15, -0.1) is 0 Å². The summed E-state index contributed by atoms with van der Waals surface area (Å²) in [5.41, 5.74) is 0.540. The van der Waals surface area contributed by atoms with Gasteiger partial charge < -0.3 is 0 Å². The van der Waals surface area contributed by atoms with E-state index in [2.05, 4.69) is 34.6 Å². The minimum Gasteiger partial charge on any atom is -0.0654 e. The van der Waals surface area contributed by atoms with Gasteiger partial charge in [0.2, 0.25) is 0 Å². The Morgan fingerprint density at radius 2 is 0.950 bits per heavy atom. The average Bonchev–Trinajstić information content (AvgIpc) is 2.39. The van der Waals surface area contributed by atoms with Crippen molar-refractivity contribution in [2.45, 2.75) is 118 Å². The topological polar surface area (TPSA) is 0 Å². The molecule has 0 spiro atoms. The molecule has 0 fully saturated rings. The molecule has 20 heavy (non-hydrogen) atoms. The van der Waals surface area contributed by atoms with E-state index < -0.39 is 0 Å². The Morgan fingerprint density at radius 3 is 1.30 bits per heavy atom. The predicted molar refractivity (Wildman–Crippen MR) is 94.3 cm³/mol. The van der Waals surface area contributed by atoms with Gasteiger partial charge in [0.05, 0.1) is 0 Å². The van der Waals surface area contributed by atoms with Crippen molar-refractivity contribution in [3.05, 3.63) is 0 Å². The summed E-state index contributed by atoms with van der Waals surface area (Å²) >= 11 is 0. The highest BCUT2D eigenvalue weighted by Gasteiger charge is 2.20. The number of hydrogen-bond donors (Lipinski definition) is 0. The first kappa shape index (κ1) is 20.0. The maximum Gasteiger partial charge on any atom is -0.0331 e. The fourth-order valence-electron chi connectivity index (χ4n) is 2.71. The molecule has 122 valence electrons. The van der Waals surface area contributed by atoms with Gasteiger partial charge in [0.1, 0.15) is 0 Å². The van der Waals surface area contributed by atoms with E-state index >= 15 is 0 Å². The monoisotopic (exact) mass is 282 g/mol. The minimum absolute atomic E-state index is 0.540. The summed E-state index contributed by atoms with van der Waals surface area (Å²) in [6.07, 6.45) is 18.9. The second kappa shape index (κ2) is 12.7. The van der Waals surface area contributed by atoms with Crippen molar-refractivity contribution in [1.82, 2.24) is 0 Å². The zero-order valence-electron chi connectivity index (χ0n) is 15.3. The third-order valence-electron chi connectivity index (χ3n) is 5.24. The van der Waals surface area contributed by atoms with Crippen molar-refractivity contribution in [3.63, 3.8) is 0 Å². The molecule has 0 aliphatic heterocycles. The molecule has 0 aromatic carbocycles. The van der Waals surface area contributed by atoms with Crippen molar-refractivity contribution >= 4 is 0 Å². The Hall–Kier alpha value is 0. The molecule has 0 rings (SSSR count). The van der Waals surface area contributed by atoms with Gasteiger partial charge in [-0.05, 0) is 17.8 Å². The maximum atomic E-state index is 2.43. The van der Waals surface area contributed by atoms with Crippen molar-refractivity contribution < 1.29 is 0 Å². The van der Waals surface area contributed by atoms with Gasteiger partial charge in [-0.2, -0.15) is 0 Å². The summed E-state index contributed by atoms with van der Waals surface area (Å²) in [4.78, 5) is 0. The van der Waals surface area contributed by atoms with E-state index in [0.717, 1.165) is 5.92 Å². The van der Waals surface area contributed by atoms with E-state index in [-0.39, 0.29) is 0 Å². The van der Waals surface area contributed by atoms with Crippen molar-refractivity contribution in [3.8, 4) is 0 Å². The molecule has 0 radical (unpaired) electrons. The van der Waals surface area contributed by atoms with E-state index in [0.29, 0.717) is 5.41 Å². The van der Waals surface area contributed by atoms with Crippen LogP contribution in [0.3, 0.4) is 0 Å². The van der Waals surface area contributed by atoms with Crippen LogP contribution >= 0.6 is 0 Å². The highest BCUT2D eigenvalue weighted by Crippen LogP contribution is 2.32. The lowest BCUT2D eigenvalue weighted by Crippen LogP contribution is -2.18. The van der Waals surface area contributed by atoms with E-state index in [1.54, 1.807) is 0 Å². The predicted octanol–water partition coefficient (Wildman–Crippen LogP) is 7.76. The van der Waals surface area contributed by atoms with Crippen molar-refractivity contribution in [1.29, 1.82) is 0 Å². The maximum absolute atomic E-state index is 2.43. The van der Waals surface area contributed by atoms with Crippen LogP contribution in [0, 0.1) is 11.3 Å². The molecule has 0 N–H and O–H groups in total. The molecule has 0 aromatic heterocycles. The van der Waals surface area contributed by atoms with Crippen LogP contribution in [-0.2, 0) is 0 Å². The van der Waals surface area contributed by atoms with Crippen LogP contribution in [0.2, 0.25) is 0 Å². The highest BCUT2D eigenvalue weighted by atomic mass is 14.3. The van der Waals surface area contributed by atoms with E-state index in [1.807, 2.05) is 0 Å². The Kier molecular flexibility index (Phi) is 12.7. The third kappa shape index (κ3) is 11.8. The molecular formula is C20H42. The van der Waals surface area contributed by atoms with Crippen LogP contribution < -0.4 is 0 Å². The fourth-order valence-corrected chi connectivity index (χ4v) is 2.71. The molecule has 0 aliphatic carbocycles. The third-order valence-corrected chi connectivity index (χ3v) is 5.24. The molecule has 0 heterocycles. The lowest BCUT2D eigenvalue weighted by Gasteiger charge is -2.29. The quantitative estimate of drug-likeness (QED) is 0.285. The lowest BCUT2D eigenvalue weighted by molar-refractivity contribution is 0.221. The summed E-state index contributed by atoms with van der Waals surface area (Å²) in [5.74, 6) is 0.815. The Bertz CT molecular complexity index is 190. The molecule has 0 saturated carbocycles. The van der Waals surface area contributed by atoms with Crippen molar-refractivity contribution in [2.75, 3.05) is 0 Å². The van der Waals surface area contributed by atoms with Gasteiger partial charge in [-0.25, -0.2) is 0 Å². The van der Waals surface area contributed by atoms with Crippen LogP contribution in [0.15, 0.2) is 0 Å². The summed E-state index contributed by atoms with van der Waals surface area (Å²) in [7, 11) is 0. The molecular weight excluding hydrogens is 240 g/mol. The largest absolute Gasteiger partial charge is 0.0654 e. The van der Waals surface area contributed by atoms with Gasteiger partial charge in [0.25, 0.3) is 0 Å². The molecule has 0 saturated heterocycles. The lowest BCUT2D eigenvalue weighted by atomic mass is 9.77. The number of hydrogen-bond acceptors (Lipinski definition) is 0. The van der Waals surface area contributed by atoms with Gasteiger partial charge in [-0.1, -0.05) is 112 Å². The van der Waals surface area contributed by atoms with Gasteiger partial charge in [-0.3, -0.25) is 0 Å². The van der Waals surface area contributed by atoms with Crippen LogP contribution in [0.5, 0.6) is 0 Å². The molecule has 0 heteroatoms. The standard InChI is InChI=1S/C20H42/c1-6-7-8-9-10-11-12-13-14-15-16-17-18-20(4,5)19(2)3/h19H,6-18H2,1-5H3. The normalized spacial score (nSPS) is 12.3. The minimum atomic E-state index is 0.540. The molecule has 0 bridgehead atoms. The van der Waals surface area contributed by atoms with Gasteiger partial charge in [0.15, 0.2) is 0 Å². The Balaban J connectivity index is 3.17. The first-order valence-corrected chi connectivity index (χ1v) is 9.50. The zero-order chi connectivity index (χ0) is 15.3. The Labute approximate surface area is 130 Å². The van der Waals surface area contributed by atoms with Crippen LogP contribution in [0.1, 0.15) is 118 Å². The van der Waals surface area contributed by atoms with E-state index in [1.165, 1.54) is 83.5 Å². The molecule has 0 unspecified atom stereocenters. The zero-order valence-corrected chi connectivity index (χ0v) is 15.3. The second-order valence-corrected chi connectivity index (χ2v) is 7.78. The van der Waals surface area contributed by atoms with Crippen LogP contribution in [-0.4, -0.2) is 0 Å². The molecule has 0 amide bonds. The molecule has 0 atom stereocenters. The average molecular weight is 283 g/mol. The van der Waals surface area contributed by atoms with Crippen LogP contribution in [0.4, 0.5) is 0 Å². The summed E-state index contributed by atoms with van der Waals surface area (Å²) in [6, 6.07) is 0. The smallest absolute Gasteiger partial charge is 0.0331 e.